The lowest BCUT2D eigenvalue weighted by Crippen LogP contribution is -2.33. The topological polar surface area (TPSA) is 58.2 Å². The predicted molar refractivity (Wildman–Crippen MR) is 78.8 cm³/mol. The molecule has 0 saturated heterocycles. The lowest BCUT2D eigenvalue weighted by molar-refractivity contribution is -0.115. The maximum Gasteiger partial charge on any atom is 0.251 e. The number of hydrogen-bond donors (Lipinski definition) is 2. The fourth-order valence-electron chi connectivity index (χ4n) is 1.65. The van der Waals surface area contributed by atoms with Crippen molar-refractivity contribution < 1.29 is 14.0 Å². The van der Waals surface area contributed by atoms with Crippen LogP contribution in [0.5, 0.6) is 0 Å². The van der Waals surface area contributed by atoms with Crippen LogP contribution in [0.1, 0.15) is 10.4 Å². The zero-order valence-corrected chi connectivity index (χ0v) is 11.7. The molecule has 0 atom stereocenters. The van der Waals surface area contributed by atoms with Crippen molar-refractivity contribution in [3.8, 4) is 0 Å². The number of benzene rings is 2. The van der Waals surface area contributed by atoms with Gasteiger partial charge in [-0.2, -0.15) is 0 Å². The molecule has 2 aromatic carbocycles. The third-order valence-corrected chi connectivity index (χ3v) is 2.88. The molecule has 21 heavy (non-hydrogen) atoms. The first-order chi connectivity index (χ1) is 10.1. The number of para-hydroxylation sites is 1. The molecule has 0 aliphatic heterocycles. The van der Waals surface area contributed by atoms with Gasteiger partial charge in [0.2, 0.25) is 5.91 Å². The number of nitrogens with one attached hydrogen (secondary N) is 2. The molecule has 108 valence electrons. The lowest BCUT2D eigenvalue weighted by atomic mass is 10.2. The predicted octanol–water partition coefficient (Wildman–Crippen LogP) is 2.85. The van der Waals surface area contributed by atoms with Gasteiger partial charge in [0.05, 0.1) is 12.2 Å². The first-order valence-electron chi connectivity index (χ1n) is 6.14. The molecule has 0 bridgehead atoms. The van der Waals surface area contributed by atoms with Gasteiger partial charge in [-0.25, -0.2) is 4.39 Å². The summed E-state index contributed by atoms with van der Waals surface area (Å²) in [5.74, 6) is -1.48. The molecule has 0 unspecified atom stereocenters. The molecule has 2 rings (SSSR count). The van der Waals surface area contributed by atoms with Crippen molar-refractivity contribution >= 4 is 29.1 Å². The van der Waals surface area contributed by atoms with Gasteiger partial charge < -0.3 is 10.6 Å². The van der Waals surface area contributed by atoms with E-state index in [1.807, 2.05) is 0 Å². The van der Waals surface area contributed by atoms with E-state index in [0.29, 0.717) is 10.6 Å². The van der Waals surface area contributed by atoms with E-state index in [1.165, 1.54) is 24.3 Å². The van der Waals surface area contributed by atoms with E-state index in [2.05, 4.69) is 10.6 Å². The molecule has 0 radical (unpaired) electrons. The summed E-state index contributed by atoms with van der Waals surface area (Å²) >= 11 is 5.78. The first-order valence-corrected chi connectivity index (χ1v) is 6.52. The van der Waals surface area contributed by atoms with E-state index in [9.17, 15) is 14.0 Å². The maximum atomic E-state index is 13.3. The Balaban J connectivity index is 1.90. The number of rotatable bonds is 4. The van der Waals surface area contributed by atoms with Crippen molar-refractivity contribution in [2.45, 2.75) is 0 Å². The molecule has 2 N–H and O–H groups in total. The van der Waals surface area contributed by atoms with Crippen LogP contribution in [-0.4, -0.2) is 18.4 Å². The molecule has 0 saturated carbocycles. The van der Waals surface area contributed by atoms with Crippen molar-refractivity contribution in [1.82, 2.24) is 5.32 Å². The van der Waals surface area contributed by atoms with Crippen LogP contribution in [0.3, 0.4) is 0 Å². The second-order valence-corrected chi connectivity index (χ2v) is 4.66. The molecule has 2 amide bonds. The maximum absolute atomic E-state index is 13.3. The number of anilines is 1. The van der Waals surface area contributed by atoms with Gasteiger partial charge in [0.1, 0.15) is 5.82 Å². The van der Waals surface area contributed by atoms with Gasteiger partial charge in [-0.1, -0.05) is 29.8 Å². The van der Waals surface area contributed by atoms with Crippen LogP contribution in [0, 0.1) is 5.82 Å². The quantitative estimate of drug-likeness (QED) is 0.912. The lowest BCUT2D eigenvalue weighted by Gasteiger charge is -2.07. The van der Waals surface area contributed by atoms with Gasteiger partial charge in [-0.05, 0) is 30.3 Å². The fourth-order valence-corrected chi connectivity index (χ4v) is 1.84. The molecular formula is C15H12ClFN2O2. The fraction of sp³-hybridized carbons (Fsp3) is 0.0667. The van der Waals surface area contributed by atoms with Gasteiger partial charge in [0.25, 0.3) is 5.91 Å². The minimum Gasteiger partial charge on any atom is -0.343 e. The number of carbonyl (C=O) groups is 2. The Morgan fingerprint density at radius 2 is 1.86 bits per heavy atom. The number of carbonyl (C=O) groups excluding carboxylic acids is 2. The Morgan fingerprint density at radius 3 is 2.57 bits per heavy atom. The molecule has 0 fully saturated rings. The zero-order valence-electron chi connectivity index (χ0n) is 10.9. The highest BCUT2D eigenvalue weighted by Gasteiger charge is 2.10. The molecule has 0 spiro atoms. The van der Waals surface area contributed by atoms with Crippen LogP contribution >= 0.6 is 11.6 Å². The highest BCUT2D eigenvalue weighted by atomic mass is 35.5. The highest BCUT2D eigenvalue weighted by Crippen LogP contribution is 2.12. The third-order valence-electron chi connectivity index (χ3n) is 2.64. The van der Waals surface area contributed by atoms with Crippen LogP contribution < -0.4 is 10.6 Å². The smallest absolute Gasteiger partial charge is 0.251 e. The Bertz CT molecular complexity index is 676. The number of amides is 2. The zero-order chi connectivity index (χ0) is 15.2. The average molecular weight is 307 g/mol. The van der Waals surface area contributed by atoms with E-state index < -0.39 is 17.6 Å². The largest absolute Gasteiger partial charge is 0.343 e. The summed E-state index contributed by atoms with van der Waals surface area (Å²) in [5.41, 5.74) is 0.417. The van der Waals surface area contributed by atoms with Crippen LogP contribution in [-0.2, 0) is 4.79 Å². The van der Waals surface area contributed by atoms with Crippen molar-refractivity contribution in [1.29, 1.82) is 0 Å². The summed E-state index contributed by atoms with van der Waals surface area (Å²) in [5, 5.41) is 5.24. The third kappa shape index (κ3) is 4.29. The number of halogens is 2. The highest BCUT2D eigenvalue weighted by molar-refractivity contribution is 6.31. The van der Waals surface area contributed by atoms with Crippen molar-refractivity contribution in [3.63, 3.8) is 0 Å². The Hall–Kier alpha value is -2.40. The summed E-state index contributed by atoms with van der Waals surface area (Å²) in [6.45, 7) is -0.264. The Labute approximate surface area is 125 Å². The monoisotopic (exact) mass is 306 g/mol. The second-order valence-electron chi connectivity index (χ2n) is 4.22. The standard InChI is InChI=1S/C15H12ClFN2O2/c16-11-5-3-4-10(8-11)15(21)18-9-14(20)19-13-7-2-1-6-12(13)17/h1-8H,9H2,(H,18,21)(H,19,20). The summed E-state index contributed by atoms with van der Waals surface area (Å²) in [4.78, 5) is 23.4. The molecule has 0 heterocycles. The van der Waals surface area contributed by atoms with E-state index in [1.54, 1.807) is 24.3 Å². The number of hydrogen-bond acceptors (Lipinski definition) is 2. The Kier molecular flexibility index (Phi) is 4.90. The van der Waals surface area contributed by atoms with E-state index in [0.717, 1.165) is 0 Å². The van der Waals surface area contributed by atoms with Gasteiger partial charge in [0.15, 0.2) is 0 Å². The summed E-state index contributed by atoms with van der Waals surface area (Å²) in [7, 11) is 0. The summed E-state index contributed by atoms with van der Waals surface area (Å²) in [6.07, 6.45) is 0. The molecular weight excluding hydrogens is 295 g/mol. The Morgan fingerprint density at radius 1 is 1.10 bits per heavy atom. The van der Waals surface area contributed by atoms with Crippen molar-refractivity contribution in [2.24, 2.45) is 0 Å². The van der Waals surface area contributed by atoms with Crippen molar-refractivity contribution in [2.75, 3.05) is 11.9 Å². The SMILES string of the molecule is O=C(CNC(=O)c1cccc(Cl)c1)Nc1ccccc1F. The van der Waals surface area contributed by atoms with Gasteiger partial charge in [-0.3, -0.25) is 9.59 Å². The van der Waals surface area contributed by atoms with E-state index in [-0.39, 0.29) is 12.2 Å². The summed E-state index contributed by atoms with van der Waals surface area (Å²) in [6, 6.07) is 12.1. The molecule has 0 aromatic heterocycles. The molecule has 4 nitrogen and oxygen atoms in total. The first kappa shape index (κ1) is 15.0. The van der Waals surface area contributed by atoms with Gasteiger partial charge in [0, 0.05) is 10.6 Å². The molecule has 6 heteroatoms. The van der Waals surface area contributed by atoms with Crippen LogP contribution in [0.2, 0.25) is 5.02 Å². The average Bonchev–Trinajstić information content (AvgIpc) is 2.47. The minimum atomic E-state index is -0.535. The molecule has 2 aromatic rings. The second kappa shape index (κ2) is 6.85. The van der Waals surface area contributed by atoms with Crippen LogP contribution in [0.25, 0.3) is 0 Å². The molecule has 0 aliphatic rings. The van der Waals surface area contributed by atoms with Gasteiger partial charge in [-0.15, -0.1) is 0 Å². The summed E-state index contributed by atoms with van der Waals surface area (Å²) < 4.78 is 13.3. The van der Waals surface area contributed by atoms with Crippen LogP contribution in [0.15, 0.2) is 48.5 Å². The van der Waals surface area contributed by atoms with Crippen LogP contribution in [0.4, 0.5) is 10.1 Å². The normalized spacial score (nSPS) is 10.0. The van der Waals surface area contributed by atoms with Gasteiger partial charge >= 0.3 is 0 Å². The van der Waals surface area contributed by atoms with Crippen molar-refractivity contribution in [3.05, 3.63) is 64.9 Å². The minimum absolute atomic E-state index is 0.0690. The van der Waals surface area contributed by atoms with E-state index >= 15 is 0 Å². The van der Waals surface area contributed by atoms with E-state index in [4.69, 9.17) is 11.6 Å². The molecule has 0 aliphatic carbocycles.